The minimum Gasteiger partial charge on any atom is -0.493 e. The van der Waals surface area contributed by atoms with E-state index >= 15 is 0 Å². The van der Waals surface area contributed by atoms with Crippen LogP contribution in [0.3, 0.4) is 0 Å². The van der Waals surface area contributed by atoms with Crippen LogP contribution in [0.4, 0.5) is 16.2 Å². The van der Waals surface area contributed by atoms with Gasteiger partial charge in [-0.1, -0.05) is 18.2 Å². The number of nitrogens with two attached hydrogens (primary N) is 1. The lowest BCUT2D eigenvalue weighted by Gasteiger charge is -2.11. The van der Waals surface area contributed by atoms with Crippen LogP contribution in [-0.2, 0) is 0 Å². The van der Waals surface area contributed by atoms with E-state index in [4.69, 9.17) is 15.2 Å². The van der Waals surface area contributed by atoms with E-state index in [1.807, 2.05) is 24.3 Å². The molecule has 3 amide bonds. The zero-order valence-corrected chi connectivity index (χ0v) is 15.1. The third-order valence-electron chi connectivity index (χ3n) is 3.80. The number of amides is 3. The molecule has 0 radical (unpaired) electrons. The summed E-state index contributed by atoms with van der Waals surface area (Å²) in [6.45, 7) is 0. The zero-order valence-electron chi connectivity index (χ0n) is 15.1. The molecule has 4 N–H and O–H groups in total. The van der Waals surface area contributed by atoms with Crippen LogP contribution in [-0.4, -0.2) is 19.0 Å². The summed E-state index contributed by atoms with van der Waals surface area (Å²) in [6.07, 6.45) is 0. The first-order valence-electron chi connectivity index (χ1n) is 8.44. The maximum Gasteiger partial charge on any atom is 0.316 e. The monoisotopic (exact) mass is 377 g/mol. The van der Waals surface area contributed by atoms with Crippen molar-refractivity contribution in [2.24, 2.45) is 5.73 Å². The van der Waals surface area contributed by atoms with Crippen molar-refractivity contribution in [1.29, 1.82) is 0 Å². The lowest BCUT2D eigenvalue weighted by molar-refractivity contribution is 0.102. The molecule has 3 aromatic carbocycles. The summed E-state index contributed by atoms with van der Waals surface area (Å²) in [7, 11) is 1.58. The molecule has 0 aliphatic rings. The second-order valence-corrected chi connectivity index (χ2v) is 5.80. The van der Waals surface area contributed by atoms with Crippen molar-refractivity contribution < 1.29 is 19.1 Å². The number of urea groups is 1. The Morgan fingerprint density at radius 2 is 1.54 bits per heavy atom. The first-order valence-corrected chi connectivity index (χ1v) is 8.44. The smallest absolute Gasteiger partial charge is 0.316 e. The van der Waals surface area contributed by atoms with E-state index < -0.39 is 6.03 Å². The molecule has 0 saturated heterocycles. The second-order valence-electron chi connectivity index (χ2n) is 5.80. The number of anilines is 2. The van der Waals surface area contributed by atoms with Crippen molar-refractivity contribution in [3.8, 4) is 17.2 Å². The van der Waals surface area contributed by atoms with Gasteiger partial charge in [-0.2, -0.15) is 0 Å². The highest BCUT2D eigenvalue weighted by Gasteiger charge is 2.09. The van der Waals surface area contributed by atoms with Crippen molar-refractivity contribution in [2.45, 2.75) is 0 Å². The van der Waals surface area contributed by atoms with E-state index in [0.717, 1.165) is 0 Å². The van der Waals surface area contributed by atoms with E-state index in [-0.39, 0.29) is 5.91 Å². The van der Waals surface area contributed by atoms with Gasteiger partial charge < -0.3 is 25.8 Å². The first-order chi connectivity index (χ1) is 13.5. The van der Waals surface area contributed by atoms with E-state index in [0.29, 0.717) is 34.2 Å². The van der Waals surface area contributed by atoms with Crippen molar-refractivity contribution in [3.05, 3.63) is 78.4 Å². The average molecular weight is 377 g/mol. The van der Waals surface area contributed by atoms with Crippen LogP contribution >= 0.6 is 0 Å². The molecule has 0 aromatic heterocycles. The van der Waals surface area contributed by atoms with E-state index in [1.54, 1.807) is 55.6 Å². The summed E-state index contributed by atoms with van der Waals surface area (Å²) in [5.41, 5.74) is 6.53. The molecule has 7 nitrogen and oxygen atoms in total. The van der Waals surface area contributed by atoms with Crippen LogP contribution in [0.5, 0.6) is 17.2 Å². The van der Waals surface area contributed by atoms with Crippen LogP contribution in [0.25, 0.3) is 0 Å². The number of benzene rings is 3. The normalized spacial score (nSPS) is 10.0. The van der Waals surface area contributed by atoms with Crippen molar-refractivity contribution in [3.63, 3.8) is 0 Å². The fourth-order valence-corrected chi connectivity index (χ4v) is 2.52. The minimum atomic E-state index is -0.691. The quantitative estimate of drug-likeness (QED) is 0.598. The number of hydrogen-bond donors (Lipinski definition) is 3. The lowest BCUT2D eigenvalue weighted by atomic mass is 10.2. The van der Waals surface area contributed by atoms with Gasteiger partial charge >= 0.3 is 6.03 Å². The molecule has 3 rings (SSSR count). The van der Waals surface area contributed by atoms with Gasteiger partial charge in [-0.25, -0.2) is 4.79 Å². The molecule has 0 aliphatic heterocycles. The molecule has 0 unspecified atom stereocenters. The summed E-state index contributed by atoms with van der Waals surface area (Å²) >= 11 is 0. The number of primary amides is 1. The van der Waals surface area contributed by atoms with Crippen LogP contribution in [0.1, 0.15) is 10.4 Å². The van der Waals surface area contributed by atoms with Crippen LogP contribution in [0, 0.1) is 0 Å². The molecule has 142 valence electrons. The van der Waals surface area contributed by atoms with Gasteiger partial charge in [-0.15, -0.1) is 0 Å². The predicted molar refractivity (Wildman–Crippen MR) is 107 cm³/mol. The number of rotatable bonds is 6. The van der Waals surface area contributed by atoms with Crippen molar-refractivity contribution in [2.75, 3.05) is 17.7 Å². The molecule has 0 spiro atoms. The Bertz CT molecular complexity index is 987. The highest BCUT2D eigenvalue weighted by atomic mass is 16.5. The molecule has 0 atom stereocenters. The Kier molecular flexibility index (Phi) is 5.76. The molecular formula is C21H19N3O4. The molecule has 0 fully saturated rings. The van der Waals surface area contributed by atoms with Crippen LogP contribution < -0.4 is 25.8 Å². The number of hydrogen-bond acceptors (Lipinski definition) is 4. The number of para-hydroxylation sites is 2. The summed E-state index contributed by atoms with van der Waals surface area (Å²) in [6, 6.07) is 20.1. The summed E-state index contributed by atoms with van der Waals surface area (Å²) in [5, 5.41) is 5.23. The first kappa shape index (κ1) is 18.8. The van der Waals surface area contributed by atoms with Crippen molar-refractivity contribution >= 4 is 23.3 Å². The zero-order chi connectivity index (χ0) is 19.9. The van der Waals surface area contributed by atoms with Gasteiger partial charge in [0.05, 0.1) is 7.11 Å². The minimum absolute atomic E-state index is 0.313. The van der Waals surface area contributed by atoms with E-state index in [1.165, 1.54) is 0 Å². The highest BCUT2D eigenvalue weighted by molar-refractivity contribution is 6.05. The van der Waals surface area contributed by atoms with Gasteiger partial charge in [-0.3, -0.25) is 4.79 Å². The fraction of sp³-hybridized carbons (Fsp3) is 0.0476. The largest absolute Gasteiger partial charge is 0.493 e. The van der Waals surface area contributed by atoms with Gasteiger partial charge in [0.25, 0.3) is 5.91 Å². The predicted octanol–water partition coefficient (Wildman–Crippen LogP) is 4.23. The summed E-state index contributed by atoms with van der Waals surface area (Å²) in [4.78, 5) is 23.3. The van der Waals surface area contributed by atoms with Gasteiger partial charge in [-0.05, 0) is 54.6 Å². The van der Waals surface area contributed by atoms with Gasteiger partial charge in [0.15, 0.2) is 11.5 Å². The van der Waals surface area contributed by atoms with E-state index in [2.05, 4.69) is 10.6 Å². The molecule has 3 aromatic rings. The Hall–Kier alpha value is -4.00. The number of carbonyl (C=O) groups is 2. The standard InChI is InChI=1S/C21H19N3O4/c1-27-18-7-2-3-8-19(18)28-17-11-9-15(10-12-17)23-20(25)14-5-4-6-16(13-14)24-21(22)26/h2-13H,1H3,(H,23,25)(H3,22,24,26). The Morgan fingerprint density at radius 3 is 2.21 bits per heavy atom. The Balaban J connectivity index is 1.67. The number of ether oxygens (including phenoxy) is 2. The summed E-state index contributed by atoms with van der Waals surface area (Å²) < 4.78 is 11.1. The van der Waals surface area contributed by atoms with E-state index in [9.17, 15) is 9.59 Å². The molecule has 28 heavy (non-hydrogen) atoms. The molecular weight excluding hydrogens is 358 g/mol. The molecule has 0 aliphatic carbocycles. The molecule has 0 bridgehead atoms. The molecule has 0 heterocycles. The van der Waals surface area contributed by atoms with Gasteiger partial charge in [0.1, 0.15) is 5.75 Å². The maximum absolute atomic E-state index is 12.4. The number of nitrogens with one attached hydrogen (secondary N) is 2. The highest BCUT2D eigenvalue weighted by Crippen LogP contribution is 2.31. The van der Waals surface area contributed by atoms with Crippen LogP contribution in [0.15, 0.2) is 72.8 Å². The third kappa shape index (κ3) is 4.79. The van der Waals surface area contributed by atoms with Crippen LogP contribution in [0.2, 0.25) is 0 Å². The topological polar surface area (TPSA) is 103 Å². The number of carbonyl (C=O) groups excluding carboxylic acids is 2. The molecule has 7 heteroatoms. The molecule has 0 saturated carbocycles. The third-order valence-corrected chi connectivity index (χ3v) is 3.80. The fourth-order valence-electron chi connectivity index (χ4n) is 2.52. The average Bonchev–Trinajstić information content (AvgIpc) is 2.69. The lowest BCUT2D eigenvalue weighted by Crippen LogP contribution is -2.19. The maximum atomic E-state index is 12.4. The number of methoxy groups -OCH3 is 1. The van der Waals surface area contributed by atoms with Gasteiger partial charge in [0.2, 0.25) is 0 Å². The van der Waals surface area contributed by atoms with Crippen molar-refractivity contribution in [1.82, 2.24) is 0 Å². The summed E-state index contributed by atoms with van der Waals surface area (Å²) in [5.74, 6) is 1.52. The Morgan fingerprint density at radius 1 is 0.821 bits per heavy atom. The SMILES string of the molecule is COc1ccccc1Oc1ccc(NC(=O)c2cccc(NC(N)=O)c2)cc1. The second kappa shape index (κ2) is 8.59. The van der Waals surface area contributed by atoms with Gasteiger partial charge in [0, 0.05) is 16.9 Å². The Labute approximate surface area is 162 Å².